The second kappa shape index (κ2) is 6.84. The van der Waals surface area contributed by atoms with Gasteiger partial charge in [-0.05, 0) is 49.7 Å². The van der Waals surface area contributed by atoms with Crippen LogP contribution in [0.4, 0.5) is 0 Å². The molecule has 1 fully saturated rings. The number of nitrogens with one attached hydrogen (secondary N) is 1. The number of H-pyrrole nitrogens is 1. The van der Waals surface area contributed by atoms with Crippen molar-refractivity contribution >= 4 is 27.5 Å². The van der Waals surface area contributed by atoms with Crippen molar-refractivity contribution in [2.45, 2.75) is 45.1 Å². The summed E-state index contributed by atoms with van der Waals surface area (Å²) < 4.78 is 1.81. The highest BCUT2D eigenvalue weighted by Gasteiger charge is 2.28. The van der Waals surface area contributed by atoms with Crippen molar-refractivity contribution in [2.24, 2.45) is 5.92 Å². The number of aromatic nitrogens is 4. The Morgan fingerprint density at radius 3 is 2.86 bits per heavy atom. The van der Waals surface area contributed by atoms with Gasteiger partial charge in [0.25, 0.3) is 11.5 Å². The van der Waals surface area contributed by atoms with Crippen molar-refractivity contribution < 1.29 is 4.79 Å². The summed E-state index contributed by atoms with van der Waals surface area (Å²) in [6, 6.07) is 1.78. The number of hydrogen-bond acceptors (Lipinski definition) is 5. The van der Waals surface area contributed by atoms with E-state index in [1.54, 1.807) is 29.9 Å². The van der Waals surface area contributed by atoms with E-state index in [0.717, 1.165) is 42.3 Å². The minimum absolute atomic E-state index is 0.0297. The van der Waals surface area contributed by atoms with Crippen LogP contribution in [0.25, 0.3) is 10.2 Å². The molecule has 0 saturated carbocycles. The third-order valence-electron chi connectivity index (χ3n) is 6.12. The molecule has 1 saturated heterocycles. The summed E-state index contributed by atoms with van der Waals surface area (Å²) in [5.41, 5.74) is 1.84. The lowest BCUT2D eigenvalue weighted by atomic mass is 9.89. The monoisotopic (exact) mass is 397 g/mol. The first-order valence-electron chi connectivity index (χ1n) is 9.92. The van der Waals surface area contributed by atoms with Crippen LogP contribution in [0.15, 0.2) is 23.4 Å². The van der Waals surface area contributed by atoms with E-state index in [4.69, 9.17) is 0 Å². The number of aryl methyl sites for hydroxylation is 1. The van der Waals surface area contributed by atoms with E-state index in [0.29, 0.717) is 24.7 Å². The fraction of sp³-hybridized carbons (Fsp3) is 0.500. The molecular formula is C20H23N5O2S. The molecule has 1 unspecified atom stereocenters. The van der Waals surface area contributed by atoms with Crippen molar-refractivity contribution in [3.8, 4) is 0 Å². The molecule has 0 aromatic carbocycles. The zero-order chi connectivity index (χ0) is 19.3. The number of nitrogens with zero attached hydrogens (tertiary/aromatic N) is 4. The van der Waals surface area contributed by atoms with Crippen LogP contribution in [-0.4, -0.2) is 43.6 Å². The molecule has 0 spiro atoms. The summed E-state index contributed by atoms with van der Waals surface area (Å²) in [6.07, 6.45) is 8.00. The van der Waals surface area contributed by atoms with Gasteiger partial charge in [-0.25, -0.2) is 4.98 Å². The van der Waals surface area contributed by atoms with Crippen LogP contribution >= 0.6 is 11.3 Å². The fourth-order valence-corrected chi connectivity index (χ4v) is 5.84. The van der Waals surface area contributed by atoms with Gasteiger partial charge in [0, 0.05) is 30.2 Å². The molecule has 3 aromatic heterocycles. The zero-order valence-electron chi connectivity index (χ0n) is 15.9. The molecule has 7 nitrogen and oxygen atoms in total. The molecule has 1 atom stereocenters. The van der Waals surface area contributed by atoms with Crippen LogP contribution in [0.5, 0.6) is 0 Å². The summed E-state index contributed by atoms with van der Waals surface area (Å²) in [6.45, 7) is 3.54. The standard InChI is InChI=1S/C20H23N5O2S/c1-12-2-3-14-16(10-12)28-18-17(14)20(27)25(11-21-18)13-5-8-24(9-6-13)19(26)15-4-7-22-23-15/h4,7,11-13H,2-3,5-6,8-10H2,1H3,(H,22,23). The highest BCUT2D eigenvalue weighted by atomic mass is 32.1. The molecule has 1 aliphatic carbocycles. The smallest absolute Gasteiger partial charge is 0.271 e. The Labute approximate surface area is 166 Å². The molecule has 28 heavy (non-hydrogen) atoms. The molecule has 4 heterocycles. The van der Waals surface area contributed by atoms with E-state index < -0.39 is 0 Å². The van der Waals surface area contributed by atoms with Crippen LogP contribution in [-0.2, 0) is 12.8 Å². The van der Waals surface area contributed by atoms with Crippen LogP contribution in [0, 0.1) is 5.92 Å². The van der Waals surface area contributed by atoms with E-state index in [2.05, 4.69) is 22.1 Å². The highest BCUT2D eigenvalue weighted by Crippen LogP contribution is 2.36. The van der Waals surface area contributed by atoms with Crippen LogP contribution in [0.2, 0.25) is 0 Å². The van der Waals surface area contributed by atoms with Gasteiger partial charge in [0.15, 0.2) is 0 Å². The van der Waals surface area contributed by atoms with Crippen molar-refractivity contribution in [1.29, 1.82) is 0 Å². The van der Waals surface area contributed by atoms with Crippen molar-refractivity contribution in [2.75, 3.05) is 13.1 Å². The summed E-state index contributed by atoms with van der Waals surface area (Å²) in [7, 11) is 0. The maximum atomic E-state index is 13.3. The van der Waals surface area contributed by atoms with Crippen LogP contribution < -0.4 is 5.56 Å². The van der Waals surface area contributed by atoms with Gasteiger partial charge in [-0.1, -0.05) is 6.92 Å². The fourth-order valence-electron chi connectivity index (χ4n) is 4.50. The van der Waals surface area contributed by atoms with Crippen molar-refractivity contribution in [3.05, 3.63) is 45.1 Å². The number of carbonyl (C=O) groups is 1. The summed E-state index contributed by atoms with van der Waals surface area (Å²) in [5.74, 6) is 0.650. The van der Waals surface area contributed by atoms with Gasteiger partial charge in [-0.2, -0.15) is 5.10 Å². The molecule has 146 valence electrons. The maximum absolute atomic E-state index is 13.3. The lowest BCUT2D eigenvalue weighted by Crippen LogP contribution is -2.41. The molecule has 0 bridgehead atoms. The quantitative estimate of drug-likeness (QED) is 0.721. The number of piperidine rings is 1. The normalized spacial score (nSPS) is 20.5. The Balaban J connectivity index is 1.39. The van der Waals surface area contributed by atoms with E-state index in [9.17, 15) is 9.59 Å². The highest BCUT2D eigenvalue weighted by molar-refractivity contribution is 7.18. The van der Waals surface area contributed by atoms with Gasteiger partial charge < -0.3 is 4.90 Å². The number of likely N-dealkylation sites (tertiary alicyclic amines) is 1. The Morgan fingerprint density at radius 2 is 2.11 bits per heavy atom. The Bertz CT molecular complexity index is 1080. The molecular weight excluding hydrogens is 374 g/mol. The van der Waals surface area contributed by atoms with E-state index >= 15 is 0 Å². The summed E-state index contributed by atoms with van der Waals surface area (Å²) >= 11 is 1.69. The number of hydrogen-bond donors (Lipinski definition) is 1. The third kappa shape index (κ3) is 2.87. The average Bonchev–Trinajstić information content (AvgIpc) is 3.35. The second-order valence-corrected chi connectivity index (χ2v) is 9.07. The number of rotatable bonds is 2. The topological polar surface area (TPSA) is 83.9 Å². The molecule has 3 aromatic rings. The molecule has 2 aliphatic rings. The number of aromatic amines is 1. The third-order valence-corrected chi connectivity index (χ3v) is 7.28. The first-order chi connectivity index (χ1) is 13.6. The van der Waals surface area contributed by atoms with E-state index in [1.807, 2.05) is 9.47 Å². The van der Waals surface area contributed by atoms with Gasteiger partial charge in [-0.3, -0.25) is 19.3 Å². The lowest BCUT2D eigenvalue weighted by molar-refractivity contribution is 0.0687. The zero-order valence-corrected chi connectivity index (χ0v) is 16.7. The SMILES string of the molecule is CC1CCc2c(sc3ncn(C4CCN(C(=O)c5ccn[nH]5)CC4)c(=O)c23)C1. The molecule has 0 radical (unpaired) electrons. The Kier molecular flexibility index (Phi) is 4.30. The predicted molar refractivity (Wildman–Crippen MR) is 108 cm³/mol. The first-order valence-corrected chi connectivity index (χ1v) is 10.7. The van der Waals surface area contributed by atoms with E-state index in [1.165, 1.54) is 10.4 Å². The number of amides is 1. The Morgan fingerprint density at radius 1 is 1.29 bits per heavy atom. The number of carbonyl (C=O) groups excluding carboxylic acids is 1. The minimum atomic E-state index is -0.0297. The lowest BCUT2D eigenvalue weighted by Gasteiger charge is -2.32. The first kappa shape index (κ1) is 17.6. The van der Waals surface area contributed by atoms with Gasteiger partial charge in [0.05, 0.1) is 11.7 Å². The van der Waals surface area contributed by atoms with Crippen molar-refractivity contribution in [3.63, 3.8) is 0 Å². The van der Waals surface area contributed by atoms with Crippen molar-refractivity contribution in [1.82, 2.24) is 24.6 Å². The molecule has 1 N–H and O–H groups in total. The number of thiophene rings is 1. The molecule has 1 amide bonds. The second-order valence-electron chi connectivity index (χ2n) is 7.98. The Hall–Kier alpha value is -2.48. The molecule has 1 aliphatic heterocycles. The average molecular weight is 398 g/mol. The van der Waals surface area contributed by atoms with Crippen LogP contribution in [0.3, 0.4) is 0 Å². The summed E-state index contributed by atoms with van der Waals surface area (Å²) in [4.78, 5) is 34.4. The van der Waals surface area contributed by atoms with Gasteiger partial charge in [-0.15, -0.1) is 11.3 Å². The van der Waals surface area contributed by atoms with Gasteiger partial charge in [0.1, 0.15) is 10.5 Å². The van der Waals surface area contributed by atoms with E-state index in [-0.39, 0.29) is 17.5 Å². The maximum Gasteiger partial charge on any atom is 0.271 e. The molecule has 5 rings (SSSR count). The predicted octanol–water partition coefficient (Wildman–Crippen LogP) is 2.78. The minimum Gasteiger partial charge on any atom is -0.337 e. The van der Waals surface area contributed by atoms with Gasteiger partial charge >= 0.3 is 0 Å². The number of fused-ring (bicyclic) bond motifs is 3. The van der Waals surface area contributed by atoms with Gasteiger partial charge in [0.2, 0.25) is 0 Å². The largest absolute Gasteiger partial charge is 0.337 e. The summed E-state index contributed by atoms with van der Waals surface area (Å²) in [5, 5.41) is 7.42. The molecule has 8 heteroatoms. The van der Waals surface area contributed by atoms with Crippen LogP contribution in [0.1, 0.15) is 53.2 Å².